The van der Waals surface area contributed by atoms with Crippen LogP contribution >= 0.6 is 0 Å². The molecule has 3 heterocycles. The molecule has 0 spiro atoms. The minimum Gasteiger partial charge on any atom is -0.379 e. The lowest BCUT2D eigenvalue weighted by Crippen LogP contribution is -2.52. The van der Waals surface area contributed by atoms with Crippen LogP contribution in [0.1, 0.15) is 24.0 Å². The van der Waals surface area contributed by atoms with Gasteiger partial charge in [-0.15, -0.1) is 0 Å². The summed E-state index contributed by atoms with van der Waals surface area (Å²) in [5, 5.41) is 6.45. The predicted octanol–water partition coefficient (Wildman–Crippen LogP) is 0.758. The van der Waals surface area contributed by atoms with Crippen molar-refractivity contribution in [2.45, 2.75) is 32.0 Å². The van der Waals surface area contributed by atoms with E-state index in [9.17, 15) is 4.79 Å². The fourth-order valence-corrected chi connectivity index (χ4v) is 2.92. The maximum Gasteiger partial charge on any atom is 0.287 e. The first-order valence-electron chi connectivity index (χ1n) is 8.74. The van der Waals surface area contributed by atoms with Crippen molar-refractivity contribution in [1.82, 2.24) is 24.8 Å². The van der Waals surface area contributed by atoms with Gasteiger partial charge in [-0.05, 0) is 13.3 Å². The molecule has 2 aromatic rings. The third-order valence-electron chi connectivity index (χ3n) is 4.38. The van der Waals surface area contributed by atoms with Crippen LogP contribution in [0.25, 0.3) is 0 Å². The number of carbonyl (C=O) groups is 1. The van der Waals surface area contributed by atoms with E-state index in [0.29, 0.717) is 31.4 Å². The van der Waals surface area contributed by atoms with Crippen LogP contribution in [0.3, 0.4) is 0 Å². The monoisotopic (exact) mass is 359 g/mol. The number of hydrogen-bond acceptors (Lipinski definition) is 7. The zero-order chi connectivity index (χ0) is 18.5. The minimum absolute atomic E-state index is 0.0731. The quantitative estimate of drug-likeness (QED) is 0.786. The van der Waals surface area contributed by atoms with E-state index in [1.54, 1.807) is 12.4 Å². The molecule has 0 radical (unpaired) electrons. The highest BCUT2D eigenvalue weighted by atomic mass is 16.5. The summed E-state index contributed by atoms with van der Waals surface area (Å²) in [7, 11) is 3.85. The normalized spacial score (nSPS) is 19.8. The summed E-state index contributed by atoms with van der Waals surface area (Å²) in [5.74, 6) is 1.76. The lowest BCUT2D eigenvalue weighted by molar-refractivity contribution is 0.0614. The fourth-order valence-electron chi connectivity index (χ4n) is 2.92. The van der Waals surface area contributed by atoms with E-state index in [0.717, 1.165) is 12.2 Å². The van der Waals surface area contributed by atoms with Crippen molar-refractivity contribution in [3.05, 3.63) is 30.6 Å². The molecule has 9 heteroatoms. The van der Waals surface area contributed by atoms with Crippen LogP contribution in [-0.4, -0.2) is 64.8 Å². The smallest absolute Gasteiger partial charge is 0.287 e. The number of amides is 1. The highest BCUT2D eigenvalue weighted by molar-refractivity contribution is 5.91. The number of ether oxygens (including phenoxy) is 1. The molecule has 1 aliphatic rings. The molecule has 2 atom stereocenters. The Morgan fingerprint density at radius 1 is 1.35 bits per heavy atom. The second kappa shape index (κ2) is 8.13. The maximum atomic E-state index is 12.6. The molecule has 2 N–H and O–H groups in total. The van der Waals surface area contributed by atoms with Gasteiger partial charge in [0.1, 0.15) is 18.0 Å². The van der Waals surface area contributed by atoms with Crippen molar-refractivity contribution < 1.29 is 9.53 Å². The summed E-state index contributed by atoms with van der Waals surface area (Å²) < 4.78 is 7.42. The maximum absolute atomic E-state index is 12.6. The first-order chi connectivity index (χ1) is 12.6. The Balaban J connectivity index is 1.70. The van der Waals surface area contributed by atoms with Crippen molar-refractivity contribution in [2.75, 3.05) is 37.5 Å². The molecule has 3 rings (SSSR count). The number of nitrogens with one attached hydrogen (secondary N) is 2. The van der Waals surface area contributed by atoms with Crippen molar-refractivity contribution in [1.29, 1.82) is 0 Å². The summed E-state index contributed by atoms with van der Waals surface area (Å²) >= 11 is 0. The van der Waals surface area contributed by atoms with Crippen LogP contribution in [0.5, 0.6) is 0 Å². The molecule has 1 fully saturated rings. The van der Waals surface area contributed by atoms with Gasteiger partial charge in [0.05, 0.1) is 18.7 Å². The van der Waals surface area contributed by atoms with Gasteiger partial charge in [-0.2, -0.15) is 0 Å². The zero-order valence-electron chi connectivity index (χ0n) is 15.3. The minimum atomic E-state index is -0.174. The van der Waals surface area contributed by atoms with Crippen molar-refractivity contribution in [2.24, 2.45) is 0 Å². The SMILES string of the molecule is CCn1ccnc1C(=O)N[C@H]1CCOC[C@H]1Nc1cc(N(C)C)ncn1. The topological polar surface area (TPSA) is 97.2 Å². The first kappa shape index (κ1) is 18.1. The third-order valence-corrected chi connectivity index (χ3v) is 4.38. The average Bonchev–Trinajstić information content (AvgIpc) is 3.12. The van der Waals surface area contributed by atoms with Crippen LogP contribution in [0, 0.1) is 0 Å². The van der Waals surface area contributed by atoms with Crippen LogP contribution in [0.2, 0.25) is 0 Å². The molecule has 0 unspecified atom stereocenters. The number of nitrogens with zero attached hydrogens (tertiary/aromatic N) is 5. The van der Waals surface area contributed by atoms with E-state index in [2.05, 4.69) is 25.6 Å². The average molecular weight is 359 g/mol. The van der Waals surface area contributed by atoms with E-state index in [-0.39, 0.29) is 18.0 Å². The van der Waals surface area contributed by atoms with Gasteiger partial charge < -0.3 is 24.8 Å². The fraction of sp³-hybridized carbons (Fsp3) is 0.529. The lowest BCUT2D eigenvalue weighted by atomic mass is 10.0. The van der Waals surface area contributed by atoms with E-state index >= 15 is 0 Å². The zero-order valence-corrected chi connectivity index (χ0v) is 15.3. The molecular formula is C17H25N7O2. The van der Waals surface area contributed by atoms with Gasteiger partial charge in [-0.3, -0.25) is 4.79 Å². The molecule has 0 saturated carbocycles. The number of aromatic nitrogens is 4. The molecule has 1 saturated heterocycles. The molecular weight excluding hydrogens is 334 g/mol. The molecule has 1 amide bonds. The van der Waals surface area contributed by atoms with Crippen LogP contribution < -0.4 is 15.5 Å². The summed E-state index contributed by atoms with van der Waals surface area (Å²) in [4.78, 5) is 27.2. The number of carbonyl (C=O) groups excluding carboxylic acids is 1. The molecule has 1 aliphatic heterocycles. The number of aryl methyl sites for hydroxylation is 1. The Hall–Kier alpha value is -2.68. The number of hydrogen-bond donors (Lipinski definition) is 2. The summed E-state index contributed by atoms with van der Waals surface area (Å²) in [6, 6.07) is 1.72. The van der Waals surface area contributed by atoms with Gasteiger partial charge in [0.25, 0.3) is 5.91 Å². The van der Waals surface area contributed by atoms with E-state index in [1.165, 1.54) is 6.33 Å². The van der Waals surface area contributed by atoms with Gasteiger partial charge in [-0.1, -0.05) is 0 Å². The Bertz CT molecular complexity index is 746. The van der Waals surface area contributed by atoms with Crippen molar-refractivity contribution >= 4 is 17.5 Å². The number of anilines is 2. The Labute approximate surface area is 152 Å². The molecule has 2 aromatic heterocycles. The third kappa shape index (κ3) is 4.10. The van der Waals surface area contributed by atoms with Gasteiger partial charge in [0, 0.05) is 45.7 Å². The molecule has 140 valence electrons. The Kier molecular flexibility index (Phi) is 5.67. The van der Waals surface area contributed by atoms with Crippen LogP contribution in [0.4, 0.5) is 11.6 Å². The molecule has 26 heavy (non-hydrogen) atoms. The number of imidazole rings is 1. The Morgan fingerprint density at radius 3 is 2.96 bits per heavy atom. The standard InChI is InChI=1S/C17H25N7O2/c1-4-24-7-6-18-16(24)17(25)22-12-5-8-26-10-13(12)21-14-9-15(23(2)3)20-11-19-14/h6-7,9,11-13H,4-5,8,10H2,1-3H3,(H,22,25)(H,19,20,21)/t12-,13+/m0/s1. The summed E-state index contributed by atoms with van der Waals surface area (Å²) in [5.41, 5.74) is 0. The molecule has 0 aliphatic carbocycles. The van der Waals surface area contributed by atoms with E-state index in [4.69, 9.17) is 4.74 Å². The largest absolute Gasteiger partial charge is 0.379 e. The Morgan fingerprint density at radius 2 is 2.19 bits per heavy atom. The predicted molar refractivity (Wildman–Crippen MR) is 98.4 cm³/mol. The van der Waals surface area contributed by atoms with Crippen molar-refractivity contribution in [3.63, 3.8) is 0 Å². The second-order valence-corrected chi connectivity index (χ2v) is 6.39. The summed E-state index contributed by atoms with van der Waals surface area (Å²) in [6.07, 6.45) is 5.69. The van der Waals surface area contributed by atoms with Crippen LogP contribution in [-0.2, 0) is 11.3 Å². The van der Waals surface area contributed by atoms with Crippen LogP contribution in [0.15, 0.2) is 24.8 Å². The second-order valence-electron chi connectivity index (χ2n) is 6.39. The van der Waals surface area contributed by atoms with Crippen molar-refractivity contribution in [3.8, 4) is 0 Å². The molecule has 0 bridgehead atoms. The van der Waals surface area contributed by atoms with E-state index < -0.39 is 0 Å². The molecule has 9 nitrogen and oxygen atoms in total. The van der Waals surface area contributed by atoms with E-state index in [1.807, 2.05) is 36.6 Å². The molecule has 0 aromatic carbocycles. The first-order valence-corrected chi connectivity index (χ1v) is 8.74. The highest BCUT2D eigenvalue weighted by Gasteiger charge is 2.29. The highest BCUT2D eigenvalue weighted by Crippen LogP contribution is 2.17. The number of rotatable bonds is 6. The van der Waals surface area contributed by atoms with Gasteiger partial charge in [0.2, 0.25) is 0 Å². The van der Waals surface area contributed by atoms with Gasteiger partial charge in [0.15, 0.2) is 5.82 Å². The van der Waals surface area contributed by atoms with Gasteiger partial charge >= 0.3 is 0 Å². The summed E-state index contributed by atoms with van der Waals surface area (Å²) in [6.45, 7) is 3.79. The van der Waals surface area contributed by atoms with Gasteiger partial charge in [-0.25, -0.2) is 15.0 Å². The lowest BCUT2D eigenvalue weighted by Gasteiger charge is -2.33.